The molecule has 0 aliphatic rings. The van der Waals surface area contributed by atoms with Crippen LogP contribution < -0.4 is 10.6 Å². The van der Waals surface area contributed by atoms with Crippen molar-refractivity contribution in [3.8, 4) is 5.69 Å². The monoisotopic (exact) mass is 438 g/mol. The molecule has 0 fully saturated rings. The number of benzene rings is 1. The van der Waals surface area contributed by atoms with Gasteiger partial charge in [-0.05, 0) is 42.5 Å². The molecule has 1 aromatic carbocycles. The van der Waals surface area contributed by atoms with Crippen molar-refractivity contribution in [2.24, 2.45) is 0 Å². The highest BCUT2D eigenvalue weighted by molar-refractivity contribution is 5.86. The van der Waals surface area contributed by atoms with E-state index >= 15 is 0 Å². The first kappa shape index (κ1) is 21.0. The molecule has 0 spiro atoms. The summed E-state index contributed by atoms with van der Waals surface area (Å²) < 4.78 is 39.9. The third-order valence-corrected chi connectivity index (χ3v) is 4.49. The average molecular weight is 438 g/mol. The molecule has 0 aliphatic carbocycles. The van der Waals surface area contributed by atoms with E-state index in [0.717, 1.165) is 23.6 Å². The minimum absolute atomic E-state index is 0.203. The van der Waals surface area contributed by atoms with Crippen LogP contribution in [0.1, 0.15) is 17.0 Å². The molecule has 0 atom stereocenters. The van der Waals surface area contributed by atoms with E-state index in [9.17, 15) is 13.2 Å². The van der Waals surface area contributed by atoms with E-state index in [2.05, 4.69) is 30.9 Å². The number of halogens is 3. The van der Waals surface area contributed by atoms with E-state index in [1.807, 2.05) is 24.3 Å². The Labute approximate surface area is 180 Å². The molecule has 162 valence electrons. The molecule has 8 nitrogen and oxygen atoms in total. The summed E-state index contributed by atoms with van der Waals surface area (Å²) in [6, 6.07) is 11.5. The van der Waals surface area contributed by atoms with Crippen LogP contribution in [0.25, 0.3) is 5.69 Å². The standard InChI is InChI=1S/C21H17F3N8/c22-21(23,24)20-9-16(6-8-27-20)28-11-17-13-32(31-30-17)18-3-1-15(2-4-18)29-19-12-26-7-5-14(19)10-25/h1-10,12-13,25,29H,11H2,(H,27,28). The summed E-state index contributed by atoms with van der Waals surface area (Å²) in [6.45, 7) is 0.203. The number of nitrogens with one attached hydrogen (secondary N) is 3. The van der Waals surface area contributed by atoms with Gasteiger partial charge in [-0.1, -0.05) is 5.21 Å². The zero-order chi connectivity index (χ0) is 22.6. The minimum atomic E-state index is -4.50. The number of anilines is 3. The second kappa shape index (κ2) is 8.84. The molecule has 0 bridgehead atoms. The Kier molecular flexibility index (Phi) is 5.79. The van der Waals surface area contributed by atoms with E-state index in [0.29, 0.717) is 16.9 Å². The molecule has 0 radical (unpaired) electrons. The van der Waals surface area contributed by atoms with Gasteiger partial charge in [-0.3, -0.25) is 9.97 Å². The molecular weight excluding hydrogens is 421 g/mol. The molecule has 4 rings (SSSR count). The maximum Gasteiger partial charge on any atom is 0.433 e. The molecule has 0 unspecified atom stereocenters. The van der Waals surface area contributed by atoms with Crippen molar-refractivity contribution < 1.29 is 13.2 Å². The maximum absolute atomic E-state index is 12.8. The third kappa shape index (κ3) is 4.89. The van der Waals surface area contributed by atoms with Crippen LogP contribution in [0.5, 0.6) is 0 Å². The van der Waals surface area contributed by atoms with Crippen molar-refractivity contribution in [3.63, 3.8) is 0 Å². The summed E-state index contributed by atoms with van der Waals surface area (Å²) >= 11 is 0. The average Bonchev–Trinajstić information content (AvgIpc) is 3.27. The van der Waals surface area contributed by atoms with Gasteiger partial charge >= 0.3 is 6.18 Å². The zero-order valence-electron chi connectivity index (χ0n) is 16.5. The smallest absolute Gasteiger partial charge is 0.379 e. The zero-order valence-corrected chi connectivity index (χ0v) is 16.5. The fourth-order valence-corrected chi connectivity index (χ4v) is 2.88. The topological polar surface area (TPSA) is 104 Å². The number of nitrogens with zero attached hydrogens (tertiary/aromatic N) is 5. The Balaban J connectivity index is 1.41. The van der Waals surface area contributed by atoms with Crippen LogP contribution in [-0.2, 0) is 12.7 Å². The largest absolute Gasteiger partial charge is 0.433 e. The van der Waals surface area contributed by atoms with Crippen molar-refractivity contribution >= 4 is 23.3 Å². The molecule has 0 saturated heterocycles. The van der Waals surface area contributed by atoms with Gasteiger partial charge in [0.2, 0.25) is 0 Å². The number of pyridine rings is 2. The second-order valence-electron chi connectivity index (χ2n) is 6.71. The van der Waals surface area contributed by atoms with Gasteiger partial charge in [0.05, 0.1) is 30.3 Å². The van der Waals surface area contributed by atoms with Crippen molar-refractivity contribution in [1.29, 1.82) is 5.41 Å². The van der Waals surface area contributed by atoms with Gasteiger partial charge < -0.3 is 16.0 Å². The summed E-state index contributed by atoms with van der Waals surface area (Å²) in [5, 5.41) is 21.7. The number of hydrogen-bond donors (Lipinski definition) is 3. The number of aromatic nitrogens is 5. The first-order chi connectivity index (χ1) is 15.4. The Morgan fingerprint density at radius 2 is 1.84 bits per heavy atom. The lowest BCUT2D eigenvalue weighted by atomic mass is 10.2. The fraction of sp³-hybridized carbons (Fsp3) is 0.0952. The molecule has 4 aromatic rings. The molecule has 32 heavy (non-hydrogen) atoms. The van der Waals surface area contributed by atoms with Gasteiger partial charge in [-0.25, -0.2) is 4.68 Å². The maximum atomic E-state index is 12.8. The highest BCUT2D eigenvalue weighted by atomic mass is 19.4. The molecule has 11 heteroatoms. The lowest BCUT2D eigenvalue weighted by Crippen LogP contribution is -2.09. The van der Waals surface area contributed by atoms with E-state index in [1.54, 1.807) is 29.3 Å². The summed E-state index contributed by atoms with van der Waals surface area (Å²) in [5.74, 6) is 0. The lowest BCUT2D eigenvalue weighted by Gasteiger charge is -2.09. The fourth-order valence-electron chi connectivity index (χ4n) is 2.88. The van der Waals surface area contributed by atoms with Crippen molar-refractivity contribution in [1.82, 2.24) is 25.0 Å². The highest BCUT2D eigenvalue weighted by Gasteiger charge is 2.32. The van der Waals surface area contributed by atoms with Crippen molar-refractivity contribution in [2.45, 2.75) is 12.7 Å². The summed E-state index contributed by atoms with van der Waals surface area (Å²) in [6.07, 6.45) is 2.81. The molecular formula is C21H17F3N8. The Morgan fingerprint density at radius 1 is 1.03 bits per heavy atom. The van der Waals surface area contributed by atoms with Crippen LogP contribution in [-0.4, -0.2) is 31.2 Å². The predicted octanol–water partition coefficient (Wildman–Crippen LogP) is 4.43. The number of rotatable bonds is 7. The Bertz CT molecular complexity index is 1220. The summed E-state index contributed by atoms with van der Waals surface area (Å²) in [5.41, 5.74) is 2.89. The van der Waals surface area contributed by atoms with Crippen molar-refractivity contribution in [2.75, 3.05) is 10.6 Å². The molecule has 3 N–H and O–H groups in total. The highest BCUT2D eigenvalue weighted by Crippen LogP contribution is 2.29. The van der Waals surface area contributed by atoms with Crippen LogP contribution in [0.4, 0.5) is 30.2 Å². The van der Waals surface area contributed by atoms with E-state index in [-0.39, 0.29) is 12.2 Å². The minimum Gasteiger partial charge on any atom is -0.379 e. The van der Waals surface area contributed by atoms with Gasteiger partial charge in [0, 0.05) is 35.5 Å². The van der Waals surface area contributed by atoms with E-state index < -0.39 is 11.9 Å². The van der Waals surface area contributed by atoms with Gasteiger partial charge in [0.15, 0.2) is 0 Å². The van der Waals surface area contributed by atoms with Gasteiger partial charge in [0.1, 0.15) is 11.4 Å². The van der Waals surface area contributed by atoms with Crippen LogP contribution >= 0.6 is 0 Å². The van der Waals surface area contributed by atoms with Crippen LogP contribution in [0.2, 0.25) is 0 Å². The molecule has 0 saturated carbocycles. The van der Waals surface area contributed by atoms with E-state index in [4.69, 9.17) is 5.41 Å². The number of hydrogen-bond acceptors (Lipinski definition) is 7. The lowest BCUT2D eigenvalue weighted by molar-refractivity contribution is -0.141. The second-order valence-corrected chi connectivity index (χ2v) is 6.71. The van der Waals surface area contributed by atoms with Crippen LogP contribution in [0.3, 0.4) is 0 Å². The van der Waals surface area contributed by atoms with Gasteiger partial charge in [-0.15, -0.1) is 5.10 Å². The number of alkyl halides is 3. The first-order valence-corrected chi connectivity index (χ1v) is 9.43. The summed E-state index contributed by atoms with van der Waals surface area (Å²) in [7, 11) is 0. The summed E-state index contributed by atoms with van der Waals surface area (Å²) in [4.78, 5) is 7.40. The Hall–Kier alpha value is -4.28. The SMILES string of the molecule is N=Cc1ccncc1Nc1ccc(-n2cc(CNc3ccnc(C(F)(F)F)c3)nn2)cc1. The molecule has 0 amide bonds. The first-order valence-electron chi connectivity index (χ1n) is 9.43. The normalized spacial score (nSPS) is 11.2. The van der Waals surface area contributed by atoms with E-state index in [1.165, 1.54) is 12.3 Å². The third-order valence-electron chi connectivity index (χ3n) is 4.49. The molecule has 3 heterocycles. The van der Waals surface area contributed by atoms with Gasteiger partial charge in [0.25, 0.3) is 0 Å². The van der Waals surface area contributed by atoms with Crippen LogP contribution in [0, 0.1) is 5.41 Å². The van der Waals surface area contributed by atoms with Crippen molar-refractivity contribution in [3.05, 3.63) is 84.2 Å². The quantitative estimate of drug-likeness (QED) is 0.369. The molecule has 3 aromatic heterocycles. The Morgan fingerprint density at radius 3 is 2.59 bits per heavy atom. The van der Waals surface area contributed by atoms with Gasteiger partial charge in [-0.2, -0.15) is 13.2 Å². The predicted molar refractivity (Wildman–Crippen MR) is 113 cm³/mol. The molecule has 0 aliphatic heterocycles. The van der Waals surface area contributed by atoms with Crippen LogP contribution in [0.15, 0.2) is 67.3 Å².